The van der Waals surface area contributed by atoms with Crippen LogP contribution in [0.25, 0.3) is 11.2 Å². The van der Waals surface area contributed by atoms with Gasteiger partial charge in [0.25, 0.3) is 5.71 Å². The Kier molecular flexibility index (Phi) is 1.29. The standard InChI is InChI=1S/C6H4ClN3O/c1-3-4-5(11-2-8-4)10-6(7)9-3/h2H,1H3. The molecule has 0 aliphatic heterocycles. The number of oxazole rings is 1. The second-order valence-corrected chi connectivity index (χ2v) is 2.42. The van der Waals surface area contributed by atoms with Gasteiger partial charge in [-0.2, -0.15) is 4.98 Å². The molecular weight excluding hydrogens is 166 g/mol. The van der Waals surface area contributed by atoms with E-state index in [9.17, 15) is 0 Å². The Hall–Kier alpha value is -1.16. The van der Waals surface area contributed by atoms with Gasteiger partial charge in [-0.25, -0.2) is 9.97 Å². The van der Waals surface area contributed by atoms with Crippen LogP contribution in [-0.4, -0.2) is 15.0 Å². The van der Waals surface area contributed by atoms with Crippen LogP contribution in [0.15, 0.2) is 10.8 Å². The highest BCUT2D eigenvalue weighted by Crippen LogP contribution is 2.14. The molecule has 2 heterocycles. The van der Waals surface area contributed by atoms with E-state index in [-0.39, 0.29) is 5.28 Å². The summed E-state index contributed by atoms with van der Waals surface area (Å²) in [5.74, 6) is 0. The van der Waals surface area contributed by atoms with E-state index in [1.54, 1.807) is 6.92 Å². The summed E-state index contributed by atoms with van der Waals surface area (Å²) in [5, 5.41) is 0.187. The summed E-state index contributed by atoms with van der Waals surface area (Å²) in [4.78, 5) is 11.6. The van der Waals surface area contributed by atoms with E-state index in [1.165, 1.54) is 6.39 Å². The van der Waals surface area contributed by atoms with Crippen LogP contribution < -0.4 is 0 Å². The minimum absolute atomic E-state index is 0.187. The summed E-state index contributed by atoms with van der Waals surface area (Å²) in [6, 6.07) is 0. The van der Waals surface area contributed by atoms with Crippen molar-refractivity contribution in [3.8, 4) is 0 Å². The summed E-state index contributed by atoms with van der Waals surface area (Å²) < 4.78 is 4.93. The van der Waals surface area contributed by atoms with E-state index in [4.69, 9.17) is 16.0 Å². The van der Waals surface area contributed by atoms with Gasteiger partial charge in [-0.1, -0.05) is 0 Å². The molecule has 0 atom stereocenters. The number of hydrogen-bond acceptors (Lipinski definition) is 4. The smallest absolute Gasteiger partial charge is 0.251 e. The highest BCUT2D eigenvalue weighted by atomic mass is 35.5. The highest BCUT2D eigenvalue weighted by Gasteiger charge is 2.05. The van der Waals surface area contributed by atoms with Crippen molar-refractivity contribution in [2.75, 3.05) is 0 Å². The van der Waals surface area contributed by atoms with Crippen molar-refractivity contribution in [1.82, 2.24) is 15.0 Å². The van der Waals surface area contributed by atoms with Crippen LogP contribution in [0.1, 0.15) is 5.69 Å². The maximum Gasteiger partial charge on any atom is 0.251 e. The second kappa shape index (κ2) is 2.17. The Morgan fingerprint density at radius 1 is 1.45 bits per heavy atom. The lowest BCUT2D eigenvalue weighted by molar-refractivity contribution is 0.590. The number of halogens is 1. The van der Waals surface area contributed by atoms with Crippen LogP contribution >= 0.6 is 11.6 Å². The molecule has 0 unspecified atom stereocenters. The summed E-state index contributed by atoms with van der Waals surface area (Å²) in [6.45, 7) is 1.80. The number of aryl methyl sites for hydroxylation is 1. The lowest BCUT2D eigenvalue weighted by Gasteiger charge is -1.91. The van der Waals surface area contributed by atoms with Crippen LogP contribution in [0.4, 0.5) is 0 Å². The van der Waals surface area contributed by atoms with Crippen LogP contribution in [-0.2, 0) is 0 Å². The summed E-state index contributed by atoms with van der Waals surface area (Å²) in [7, 11) is 0. The molecule has 5 heteroatoms. The van der Waals surface area contributed by atoms with Gasteiger partial charge in [-0.05, 0) is 18.5 Å². The number of hydrogen-bond donors (Lipinski definition) is 0. The first kappa shape index (κ1) is 6.54. The zero-order chi connectivity index (χ0) is 7.84. The first-order valence-corrected chi connectivity index (χ1v) is 3.38. The molecular formula is C6H4ClN3O. The molecule has 0 saturated heterocycles. The molecule has 4 nitrogen and oxygen atoms in total. The molecule has 0 saturated carbocycles. The zero-order valence-corrected chi connectivity index (χ0v) is 6.46. The minimum atomic E-state index is 0.187. The maximum absolute atomic E-state index is 5.57. The first-order valence-electron chi connectivity index (χ1n) is 3.01. The van der Waals surface area contributed by atoms with Crippen molar-refractivity contribution < 1.29 is 4.42 Å². The summed E-state index contributed by atoms with van der Waals surface area (Å²) in [6.07, 6.45) is 1.32. The fourth-order valence-corrected chi connectivity index (χ4v) is 1.07. The third kappa shape index (κ3) is 0.952. The third-order valence-electron chi connectivity index (χ3n) is 1.35. The van der Waals surface area contributed by atoms with Crippen LogP contribution in [0.2, 0.25) is 5.28 Å². The van der Waals surface area contributed by atoms with Gasteiger partial charge in [0.05, 0.1) is 5.69 Å². The van der Waals surface area contributed by atoms with Crippen molar-refractivity contribution in [2.45, 2.75) is 6.92 Å². The van der Waals surface area contributed by atoms with Gasteiger partial charge in [0.2, 0.25) is 5.28 Å². The number of fused-ring (bicyclic) bond motifs is 1. The Morgan fingerprint density at radius 2 is 2.27 bits per heavy atom. The molecule has 0 radical (unpaired) electrons. The zero-order valence-electron chi connectivity index (χ0n) is 5.71. The van der Waals surface area contributed by atoms with Crippen LogP contribution in [0, 0.1) is 6.92 Å². The average molecular weight is 170 g/mol. The van der Waals surface area contributed by atoms with Crippen molar-refractivity contribution >= 4 is 22.8 Å². The lowest BCUT2D eigenvalue weighted by Crippen LogP contribution is -1.87. The van der Waals surface area contributed by atoms with Gasteiger partial charge in [0.15, 0.2) is 11.9 Å². The molecule has 0 amide bonds. The SMILES string of the molecule is Cc1nc(Cl)nc2ocnc12. The van der Waals surface area contributed by atoms with E-state index in [0.717, 1.165) is 5.69 Å². The van der Waals surface area contributed by atoms with Gasteiger partial charge in [-0.15, -0.1) is 0 Å². The third-order valence-corrected chi connectivity index (χ3v) is 1.51. The fourth-order valence-electron chi connectivity index (χ4n) is 0.868. The Morgan fingerprint density at radius 3 is 3.09 bits per heavy atom. The molecule has 0 aliphatic rings. The molecule has 0 N–H and O–H groups in total. The molecule has 0 aromatic carbocycles. The Balaban J connectivity index is 2.91. The van der Waals surface area contributed by atoms with Gasteiger partial charge in [-0.3, -0.25) is 0 Å². The van der Waals surface area contributed by atoms with Crippen molar-refractivity contribution in [1.29, 1.82) is 0 Å². The van der Waals surface area contributed by atoms with E-state index in [1.807, 2.05) is 0 Å². The van der Waals surface area contributed by atoms with Gasteiger partial charge in [0, 0.05) is 0 Å². The fraction of sp³-hybridized carbons (Fsp3) is 0.167. The van der Waals surface area contributed by atoms with E-state index in [0.29, 0.717) is 11.2 Å². The predicted octanol–water partition coefficient (Wildman–Crippen LogP) is 1.58. The van der Waals surface area contributed by atoms with E-state index in [2.05, 4.69) is 15.0 Å². The number of rotatable bonds is 0. The molecule has 2 rings (SSSR count). The average Bonchev–Trinajstić information content (AvgIpc) is 2.34. The normalized spacial score (nSPS) is 10.7. The van der Waals surface area contributed by atoms with Crippen molar-refractivity contribution in [2.24, 2.45) is 0 Å². The van der Waals surface area contributed by atoms with Crippen molar-refractivity contribution in [3.05, 3.63) is 17.4 Å². The summed E-state index contributed by atoms with van der Waals surface area (Å²) >= 11 is 5.57. The predicted molar refractivity (Wildman–Crippen MR) is 39.3 cm³/mol. The molecule has 0 aliphatic carbocycles. The van der Waals surface area contributed by atoms with Gasteiger partial charge < -0.3 is 4.42 Å². The first-order chi connectivity index (χ1) is 5.27. The molecule has 11 heavy (non-hydrogen) atoms. The molecule has 56 valence electrons. The van der Waals surface area contributed by atoms with Crippen molar-refractivity contribution in [3.63, 3.8) is 0 Å². The number of aromatic nitrogens is 3. The highest BCUT2D eigenvalue weighted by molar-refractivity contribution is 6.28. The molecule has 2 aromatic rings. The lowest BCUT2D eigenvalue weighted by atomic mass is 10.4. The second-order valence-electron chi connectivity index (χ2n) is 2.08. The molecule has 2 aromatic heterocycles. The van der Waals surface area contributed by atoms with Gasteiger partial charge >= 0.3 is 0 Å². The summed E-state index contributed by atoms with van der Waals surface area (Å²) in [5.41, 5.74) is 1.82. The maximum atomic E-state index is 5.57. The minimum Gasteiger partial charge on any atom is -0.425 e. The molecule has 0 spiro atoms. The van der Waals surface area contributed by atoms with Crippen LogP contribution in [0.3, 0.4) is 0 Å². The largest absolute Gasteiger partial charge is 0.425 e. The topological polar surface area (TPSA) is 51.8 Å². The van der Waals surface area contributed by atoms with E-state index >= 15 is 0 Å². The van der Waals surface area contributed by atoms with Gasteiger partial charge in [0.1, 0.15) is 0 Å². The molecule has 0 fully saturated rings. The Labute approximate surface area is 67.2 Å². The van der Waals surface area contributed by atoms with E-state index < -0.39 is 0 Å². The monoisotopic (exact) mass is 169 g/mol. The Bertz CT molecular complexity index is 398. The number of nitrogens with zero attached hydrogens (tertiary/aromatic N) is 3. The quantitative estimate of drug-likeness (QED) is 0.562. The molecule has 0 bridgehead atoms. The van der Waals surface area contributed by atoms with Crippen LogP contribution in [0.5, 0.6) is 0 Å².